The fraction of sp³-hybridized carbons (Fsp3) is 0.267. The van der Waals surface area contributed by atoms with Crippen molar-refractivity contribution < 1.29 is 4.79 Å². The van der Waals surface area contributed by atoms with Gasteiger partial charge in [0.2, 0.25) is 5.91 Å². The number of rotatable bonds is 5. The number of fused-ring (bicyclic) bond motifs is 1. The molecule has 118 valence electrons. The number of nitrogens with zero attached hydrogens (tertiary/aromatic N) is 4. The molecule has 1 amide bonds. The van der Waals surface area contributed by atoms with E-state index >= 15 is 0 Å². The first-order chi connectivity index (χ1) is 11.1. The van der Waals surface area contributed by atoms with Crippen LogP contribution in [0.5, 0.6) is 0 Å². The van der Waals surface area contributed by atoms with E-state index in [4.69, 9.17) is 0 Å². The zero-order chi connectivity index (χ0) is 16.2. The molecule has 1 aromatic carbocycles. The molecule has 0 aliphatic heterocycles. The van der Waals surface area contributed by atoms with Gasteiger partial charge in [-0.05, 0) is 19.1 Å². The van der Waals surface area contributed by atoms with Crippen molar-refractivity contribution in [2.24, 2.45) is 0 Å². The largest absolute Gasteiger partial charge is 0.354 e. The van der Waals surface area contributed by atoms with Crippen LogP contribution in [0.25, 0.3) is 10.9 Å². The van der Waals surface area contributed by atoms with E-state index in [1.807, 2.05) is 13.0 Å². The molecule has 0 atom stereocenters. The number of nitrogens with one attached hydrogen (secondary N) is 1. The summed E-state index contributed by atoms with van der Waals surface area (Å²) in [6.45, 7) is 2.30. The van der Waals surface area contributed by atoms with Crippen molar-refractivity contribution in [1.29, 1.82) is 0 Å². The van der Waals surface area contributed by atoms with Crippen LogP contribution in [0.4, 0.5) is 0 Å². The normalized spacial score (nSPS) is 10.8. The van der Waals surface area contributed by atoms with Gasteiger partial charge >= 0.3 is 0 Å². The summed E-state index contributed by atoms with van der Waals surface area (Å²) in [5.41, 5.74) is 0.409. The van der Waals surface area contributed by atoms with Crippen molar-refractivity contribution in [3.05, 3.63) is 51.0 Å². The number of aryl methyl sites for hydroxylation is 1. The molecule has 3 rings (SSSR count). The predicted molar refractivity (Wildman–Crippen MR) is 87.4 cm³/mol. The van der Waals surface area contributed by atoms with E-state index < -0.39 is 0 Å². The molecule has 0 aliphatic rings. The van der Waals surface area contributed by atoms with Crippen LogP contribution in [0.15, 0.2) is 35.4 Å². The Hall–Kier alpha value is -2.61. The Labute approximate surface area is 136 Å². The van der Waals surface area contributed by atoms with E-state index in [1.165, 1.54) is 22.2 Å². The lowest BCUT2D eigenvalue weighted by Gasteiger charge is -2.07. The average molecular weight is 329 g/mol. The standard InChI is InChI=1S/C15H15N5O2S/c1-10-18-19-14(23-10)6-7-16-13(21)8-20-9-17-12-5-3-2-4-11(12)15(20)22/h2-5,9H,6-8H2,1H3,(H,16,21). The first kappa shape index (κ1) is 15.3. The van der Waals surface area contributed by atoms with Crippen molar-refractivity contribution in [1.82, 2.24) is 25.1 Å². The Kier molecular flexibility index (Phi) is 4.42. The summed E-state index contributed by atoms with van der Waals surface area (Å²) in [6, 6.07) is 7.07. The van der Waals surface area contributed by atoms with Crippen molar-refractivity contribution >= 4 is 28.1 Å². The number of aromatic nitrogens is 4. The fourth-order valence-corrected chi connectivity index (χ4v) is 2.89. The molecule has 0 radical (unpaired) electrons. The maximum Gasteiger partial charge on any atom is 0.261 e. The molecule has 0 unspecified atom stereocenters. The number of benzene rings is 1. The molecule has 7 nitrogen and oxygen atoms in total. The number of carbonyl (C=O) groups excluding carboxylic acids is 1. The van der Waals surface area contributed by atoms with Crippen LogP contribution < -0.4 is 10.9 Å². The topological polar surface area (TPSA) is 89.8 Å². The van der Waals surface area contributed by atoms with Gasteiger partial charge in [0.05, 0.1) is 17.2 Å². The van der Waals surface area contributed by atoms with Crippen LogP contribution >= 0.6 is 11.3 Å². The molecule has 0 saturated heterocycles. The smallest absolute Gasteiger partial charge is 0.261 e. The van der Waals surface area contributed by atoms with Crippen molar-refractivity contribution in [3.8, 4) is 0 Å². The van der Waals surface area contributed by atoms with Crippen molar-refractivity contribution in [2.45, 2.75) is 19.9 Å². The average Bonchev–Trinajstić information content (AvgIpc) is 2.96. The molecule has 0 saturated carbocycles. The lowest BCUT2D eigenvalue weighted by atomic mass is 10.2. The fourth-order valence-electron chi connectivity index (χ4n) is 2.18. The van der Waals surface area contributed by atoms with Gasteiger partial charge in [0.1, 0.15) is 16.6 Å². The van der Waals surface area contributed by atoms with Gasteiger partial charge in [-0.2, -0.15) is 0 Å². The second-order valence-corrected chi connectivity index (χ2v) is 6.28. The summed E-state index contributed by atoms with van der Waals surface area (Å²) in [7, 11) is 0. The summed E-state index contributed by atoms with van der Waals surface area (Å²) >= 11 is 1.51. The zero-order valence-electron chi connectivity index (χ0n) is 12.5. The predicted octanol–water partition coefficient (Wildman–Crippen LogP) is 0.915. The number of carbonyl (C=O) groups is 1. The summed E-state index contributed by atoms with van der Waals surface area (Å²) in [4.78, 5) is 28.4. The Morgan fingerprint density at radius 2 is 2.13 bits per heavy atom. The lowest BCUT2D eigenvalue weighted by molar-refractivity contribution is -0.121. The van der Waals surface area contributed by atoms with Crippen LogP contribution in [0.1, 0.15) is 10.0 Å². The summed E-state index contributed by atoms with van der Waals surface area (Å²) < 4.78 is 1.31. The number of amides is 1. The summed E-state index contributed by atoms with van der Waals surface area (Å²) in [5, 5.41) is 13.0. The second kappa shape index (κ2) is 6.66. The highest BCUT2D eigenvalue weighted by atomic mass is 32.1. The van der Waals surface area contributed by atoms with Gasteiger partial charge < -0.3 is 5.32 Å². The molecule has 3 aromatic rings. The summed E-state index contributed by atoms with van der Waals surface area (Å²) in [5.74, 6) is -0.231. The van der Waals surface area contributed by atoms with Crippen LogP contribution in [0, 0.1) is 6.92 Å². The Morgan fingerprint density at radius 3 is 2.91 bits per heavy atom. The van der Waals surface area contributed by atoms with Crippen molar-refractivity contribution in [3.63, 3.8) is 0 Å². The van der Waals surface area contributed by atoms with Crippen molar-refractivity contribution in [2.75, 3.05) is 6.54 Å². The molecule has 0 spiro atoms. The highest BCUT2D eigenvalue weighted by Gasteiger charge is 2.08. The summed E-state index contributed by atoms with van der Waals surface area (Å²) in [6.07, 6.45) is 2.03. The molecule has 2 aromatic heterocycles. The van der Waals surface area contributed by atoms with E-state index in [1.54, 1.807) is 18.2 Å². The molecule has 8 heteroatoms. The Balaban J connectivity index is 1.61. The minimum Gasteiger partial charge on any atom is -0.354 e. The van der Waals surface area contributed by atoms with Gasteiger partial charge in [-0.15, -0.1) is 21.5 Å². The molecule has 1 N–H and O–H groups in total. The van der Waals surface area contributed by atoms with Gasteiger partial charge in [-0.25, -0.2) is 4.98 Å². The van der Waals surface area contributed by atoms with Gasteiger partial charge in [0.15, 0.2) is 0 Å². The Bertz CT molecular complexity index is 902. The molecule has 2 heterocycles. The minimum absolute atomic E-state index is 0.0498. The quantitative estimate of drug-likeness (QED) is 0.751. The molecule has 23 heavy (non-hydrogen) atoms. The van der Waals surface area contributed by atoms with E-state index in [2.05, 4.69) is 20.5 Å². The highest BCUT2D eigenvalue weighted by Crippen LogP contribution is 2.07. The van der Waals surface area contributed by atoms with E-state index in [-0.39, 0.29) is 18.0 Å². The first-order valence-electron chi connectivity index (χ1n) is 7.13. The van der Waals surface area contributed by atoms with E-state index in [0.717, 1.165) is 10.0 Å². The van der Waals surface area contributed by atoms with Crippen LogP contribution in [-0.2, 0) is 17.8 Å². The second-order valence-electron chi connectivity index (χ2n) is 5.01. The van der Waals surface area contributed by atoms with Gasteiger partial charge in [0.25, 0.3) is 5.56 Å². The molecule has 0 bridgehead atoms. The number of para-hydroxylation sites is 1. The van der Waals surface area contributed by atoms with Gasteiger partial charge in [-0.1, -0.05) is 12.1 Å². The number of hydrogen-bond acceptors (Lipinski definition) is 6. The molecule has 0 fully saturated rings. The van der Waals surface area contributed by atoms with E-state index in [0.29, 0.717) is 23.9 Å². The molecule has 0 aliphatic carbocycles. The maximum atomic E-state index is 12.3. The third-order valence-electron chi connectivity index (χ3n) is 3.27. The van der Waals surface area contributed by atoms with Crippen LogP contribution in [0.2, 0.25) is 0 Å². The minimum atomic E-state index is -0.231. The first-order valence-corrected chi connectivity index (χ1v) is 7.95. The van der Waals surface area contributed by atoms with Gasteiger partial charge in [-0.3, -0.25) is 14.2 Å². The molecular weight excluding hydrogens is 314 g/mol. The Morgan fingerprint density at radius 1 is 1.30 bits per heavy atom. The third-order valence-corrected chi connectivity index (χ3v) is 4.17. The third kappa shape index (κ3) is 3.59. The van der Waals surface area contributed by atoms with Crippen LogP contribution in [0.3, 0.4) is 0 Å². The lowest BCUT2D eigenvalue weighted by Crippen LogP contribution is -2.33. The SMILES string of the molecule is Cc1nnc(CCNC(=O)Cn2cnc3ccccc3c2=O)s1. The van der Waals surface area contributed by atoms with E-state index in [9.17, 15) is 9.59 Å². The van der Waals surface area contributed by atoms with Crippen LogP contribution in [-0.4, -0.2) is 32.2 Å². The maximum absolute atomic E-state index is 12.3. The molecular formula is C15H15N5O2S. The van der Waals surface area contributed by atoms with Gasteiger partial charge in [0, 0.05) is 13.0 Å². The zero-order valence-corrected chi connectivity index (χ0v) is 13.3. The monoisotopic (exact) mass is 329 g/mol. The number of hydrogen-bond donors (Lipinski definition) is 1. The highest BCUT2D eigenvalue weighted by molar-refractivity contribution is 7.11.